The molecule has 0 bridgehead atoms. The lowest BCUT2D eigenvalue weighted by molar-refractivity contribution is -0.384. The minimum absolute atomic E-state index is 0.0426. The Morgan fingerprint density at radius 1 is 1.33 bits per heavy atom. The monoisotopic (exact) mass is 313 g/mol. The lowest BCUT2D eigenvalue weighted by Gasteiger charge is -2.35. The summed E-state index contributed by atoms with van der Waals surface area (Å²) < 4.78 is 26.8. The first-order valence-electron chi connectivity index (χ1n) is 6.79. The summed E-state index contributed by atoms with van der Waals surface area (Å²) in [7, 11) is -3.74. The number of hydrogen-bond donors (Lipinski definition) is 1. The van der Waals surface area contributed by atoms with Crippen molar-refractivity contribution in [2.45, 2.75) is 37.6 Å². The molecule has 1 saturated heterocycles. The van der Waals surface area contributed by atoms with E-state index in [9.17, 15) is 18.5 Å². The maximum absolute atomic E-state index is 12.7. The van der Waals surface area contributed by atoms with Gasteiger partial charge in [-0.05, 0) is 37.8 Å². The van der Waals surface area contributed by atoms with Crippen LogP contribution in [-0.2, 0) is 10.0 Å². The second kappa shape index (κ2) is 5.61. The summed E-state index contributed by atoms with van der Waals surface area (Å²) in [4.78, 5) is 10.2. The van der Waals surface area contributed by atoms with Crippen LogP contribution < -0.4 is 5.73 Å². The van der Waals surface area contributed by atoms with E-state index in [1.165, 1.54) is 16.4 Å². The molecular weight excluding hydrogens is 294 g/mol. The molecule has 1 fully saturated rings. The van der Waals surface area contributed by atoms with Gasteiger partial charge in [0.1, 0.15) is 5.69 Å². The van der Waals surface area contributed by atoms with Crippen LogP contribution in [0.25, 0.3) is 0 Å². The molecule has 2 N–H and O–H groups in total. The van der Waals surface area contributed by atoms with Crippen molar-refractivity contribution in [3.05, 3.63) is 28.3 Å². The third-order valence-electron chi connectivity index (χ3n) is 3.87. The highest BCUT2D eigenvalue weighted by molar-refractivity contribution is 7.89. The zero-order valence-corrected chi connectivity index (χ0v) is 12.8. The molecule has 0 radical (unpaired) electrons. The molecule has 8 heteroatoms. The number of rotatable bonds is 3. The molecule has 1 aliphatic heterocycles. The minimum atomic E-state index is -3.74. The Morgan fingerprint density at radius 2 is 2.00 bits per heavy atom. The van der Waals surface area contributed by atoms with Crippen LogP contribution >= 0.6 is 0 Å². The molecule has 2 unspecified atom stereocenters. The van der Waals surface area contributed by atoms with Gasteiger partial charge in [0.25, 0.3) is 5.69 Å². The second-order valence-electron chi connectivity index (χ2n) is 5.58. The van der Waals surface area contributed by atoms with Crippen LogP contribution in [0.4, 0.5) is 11.4 Å². The van der Waals surface area contributed by atoms with Crippen molar-refractivity contribution < 1.29 is 13.3 Å². The van der Waals surface area contributed by atoms with E-state index >= 15 is 0 Å². The van der Waals surface area contributed by atoms with E-state index in [0.29, 0.717) is 6.54 Å². The molecule has 0 saturated carbocycles. The molecule has 116 valence electrons. The zero-order valence-electron chi connectivity index (χ0n) is 12.0. The fraction of sp³-hybridized carbons (Fsp3) is 0.538. The lowest BCUT2D eigenvalue weighted by atomic mass is 9.97. The van der Waals surface area contributed by atoms with E-state index in [2.05, 4.69) is 0 Å². The second-order valence-corrected chi connectivity index (χ2v) is 7.47. The van der Waals surface area contributed by atoms with Crippen LogP contribution in [0.1, 0.15) is 26.7 Å². The predicted octanol–water partition coefficient (Wildman–Crippen LogP) is 1.99. The van der Waals surface area contributed by atoms with Crippen molar-refractivity contribution in [1.82, 2.24) is 4.31 Å². The standard InChI is InChI=1S/C13H19N3O4S/c1-9-3-4-10(2)15(8-9)21(19,20)11-5-6-12(14)13(7-11)16(17)18/h5-7,9-10H,3-4,8,14H2,1-2H3. The Balaban J connectivity index is 2.44. The number of nitrogens with zero attached hydrogens (tertiary/aromatic N) is 2. The van der Waals surface area contributed by atoms with Gasteiger partial charge in [0, 0.05) is 18.7 Å². The van der Waals surface area contributed by atoms with Crippen LogP contribution in [0.3, 0.4) is 0 Å². The summed E-state index contributed by atoms with van der Waals surface area (Å²) in [5.74, 6) is 0.278. The molecule has 1 aliphatic rings. The van der Waals surface area contributed by atoms with Crippen molar-refractivity contribution >= 4 is 21.4 Å². The number of nitrogen functional groups attached to an aromatic ring is 1. The van der Waals surface area contributed by atoms with Gasteiger partial charge in [-0.25, -0.2) is 8.42 Å². The Kier molecular flexibility index (Phi) is 4.20. The third kappa shape index (κ3) is 3.01. The Morgan fingerprint density at radius 3 is 2.62 bits per heavy atom. The molecule has 0 spiro atoms. The Labute approximate surface area is 123 Å². The highest BCUT2D eigenvalue weighted by atomic mass is 32.2. The molecule has 1 aromatic rings. The normalized spacial score (nSPS) is 23.9. The van der Waals surface area contributed by atoms with Gasteiger partial charge < -0.3 is 5.73 Å². The van der Waals surface area contributed by atoms with Crippen molar-refractivity contribution in [3.63, 3.8) is 0 Å². The first kappa shape index (κ1) is 15.7. The Hall–Kier alpha value is -1.67. The lowest BCUT2D eigenvalue weighted by Crippen LogP contribution is -2.44. The third-order valence-corrected chi connectivity index (χ3v) is 5.84. The van der Waals surface area contributed by atoms with Gasteiger partial charge in [0.2, 0.25) is 10.0 Å². The molecule has 21 heavy (non-hydrogen) atoms. The largest absolute Gasteiger partial charge is 0.393 e. The van der Waals surface area contributed by atoms with Gasteiger partial charge in [-0.3, -0.25) is 10.1 Å². The number of benzene rings is 1. The summed E-state index contributed by atoms with van der Waals surface area (Å²) in [6.07, 6.45) is 1.77. The SMILES string of the molecule is CC1CCC(C)N(S(=O)(=O)c2ccc(N)c([N+](=O)[O-])c2)C1. The summed E-state index contributed by atoms with van der Waals surface area (Å²) in [6, 6.07) is 3.52. The van der Waals surface area contributed by atoms with Gasteiger partial charge in [-0.15, -0.1) is 0 Å². The fourth-order valence-electron chi connectivity index (χ4n) is 2.56. The fourth-order valence-corrected chi connectivity index (χ4v) is 4.36. The molecular formula is C13H19N3O4S. The van der Waals surface area contributed by atoms with Gasteiger partial charge in [0.15, 0.2) is 0 Å². The summed E-state index contributed by atoms with van der Waals surface area (Å²) >= 11 is 0. The number of nitrogens with two attached hydrogens (primary N) is 1. The van der Waals surface area contributed by atoms with Gasteiger partial charge in [-0.2, -0.15) is 4.31 Å². The molecule has 7 nitrogen and oxygen atoms in total. The van der Waals surface area contributed by atoms with E-state index in [0.717, 1.165) is 18.9 Å². The van der Waals surface area contributed by atoms with E-state index < -0.39 is 14.9 Å². The topological polar surface area (TPSA) is 107 Å². The highest BCUT2D eigenvalue weighted by Gasteiger charge is 2.34. The van der Waals surface area contributed by atoms with Crippen molar-refractivity contribution in [2.75, 3.05) is 12.3 Å². The van der Waals surface area contributed by atoms with Crippen LogP contribution in [0, 0.1) is 16.0 Å². The summed E-state index contributed by atoms with van der Waals surface area (Å²) in [5.41, 5.74) is 5.09. The molecule has 2 rings (SSSR count). The van der Waals surface area contributed by atoms with Crippen LogP contribution in [0.2, 0.25) is 0 Å². The van der Waals surface area contributed by atoms with E-state index in [1.807, 2.05) is 13.8 Å². The summed E-state index contributed by atoms with van der Waals surface area (Å²) in [6.45, 7) is 4.29. The van der Waals surface area contributed by atoms with Gasteiger partial charge >= 0.3 is 0 Å². The maximum atomic E-state index is 12.7. The number of hydrogen-bond acceptors (Lipinski definition) is 5. The first-order valence-corrected chi connectivity index (χ1v) is 8.23. The quantitative estimate of drug-likeness (QED) is 0.521. The van der Waals surface area contributed by atoms with E-state index in [4.69, 9.17) is 5.73 Å². The average Bonchev–Trinajstić information content (AvgIpc) is 2.41. The zero-order chi connectivity index (χ0) is 15.8. The van der Waals surface area contributed by atoms with Gasteiger partial charge in [-0.1, -0.05) is 6.92 Å². The summed E-state index contributed by atoms with van der Waals surface area (Å²) in [5, 5.41) is 10.9. The van der Waals surface area contributed by atoms with E-state index in [-0.39, 0.29) is 28.2 Å². The van der Waals surface area contributed by atoms with Gasteiger partial charge in [0.05, 0.1) is 9.82 Å². The molecule has 0 aromatic heterocycles. The van der Waals surface area contributed by atoms with Crippen LogP contribution in [-0.4, -0.2) is 30.2 Å². The van der Waals surface area contributed by atoms with Crippen LogP contribution in [0.5, 0.6) is 0 Å². The van der Waals surface area contributed by atoms with Crippen LogP contribution in [0.15, 0.2) is 23.1 Å². The molecule has 0 amide bonds. The van der Waals surface area contributed by atoms with Crippen molar-refractivity contribution in [2.24, 2.45) is 5.92 Å². The molecule has 0 aliphatic carbocycles. The average molecular weight is 313 g/mol. The first-order chi connectivity index (χ1) is 9.73. The molecule has 2 atom stereocenters. The number of nitro groups is 1. The predicted molar refractivity (Wildman–Crippen MR) is 79.3 cm³/mol. The van der Waals surface area contributed by atoms with Crippen molar-refractivity contribution in [3.8, 4) is 0 Å². The molecule has 1 heterocycles. The smallest absolute Gasteiger partial charge is 0.293 e. The van der Waals surface area contributed by atoms with Crippen molar-refractivity contribution in [1.29, 1.82) is 0 Å². The molecule has 1 aromatic carbocycles. The number of piperidine rings is 1. The number of sulfonamides is 1. The maximum Gasteiger partial charge on any atom is 0.293 e. The number of nitro benzene ring substituents is 1. The number of anilines is 1. The minimum Gasteiger partial charge on any atom is -0.393 e. The van der Waals surface area contributed by atoms with E-state index in [1.54, 1.807) is 0 Å². The highest BCUT2D eigenvalue weighted by Crippen LogP contribution is 2.31. The Bertz CT molecular complexity index is 659.